The Morgan fingerprint density at radius 2 is 2.31 bits per heavy atom. The summed E-state index contributed by atoms with van der Waals surface area (Å²) in [4.78, 5) is 0. The van der Waals surface area contributed by atoms with E-state index in [9.17, 15) is 4.39 Å². The number of hydrogen-bond acceptors (Lipinski definition) is 4. The van der Waals surface area contributed by atoms with Crippen molar-refractivity contribution in [2.75, 3.05) is 5.32 Å². The number of halogens is 2. The van der Waals surface area contributed by atoms with E-state index in [2.05, 4.69) is 31.4 Å². The minimum atomic E-state index is -0.258. The Kier molecular flexibility index (Phi) is 3.50. The van der Waals surface area contributed by atoms with Gasteiger partial charge in [0.1, 0.15) is 11.3 Å². The van der Waals surface area contributed by atoms with Crippen LogP contribution in [-0.2, 0) is 0 Å². The normalized spacial score (nSPS) is 12.4. The zero-order chi connectivity index (χ0) is 11.5. The van der Waals surface area contributed by atoms with Gasteiger partial charge in [0.15, 0.2) is 0 Å². The first kappa shape index (κ1) is 11.5. The van der Waals surface area contributed by atoms with Gasteiger partial charge in [-0.2, -0.15) is 0 Å². The highest BCUT2D eigenvalue weighted by molar-refractivity contribution is 9.10. The van der Waals surface area contributed by atoms with Crippen molar-refractivity contribution < 1.29 is 4.39 Å². The van der Waals surface area contributed by atoms with Crippen LogP contribution in [0, 0.1) is 5.82 Å². The van der Waals surface area contributed by atoms with Crippen LogP contribution in [0.1, 0.15) is 18.5 Å². The molecule has 0 saturated heterocycles. The Balaban J connectivity index is 2.14. The molecule has 1 atom stereocenters. The molecule has 3 nitrogen and oxygen atoms in total. The summed E-state index contributed by atoms with van der Waals surface area (Å²) in [6.07, 6.45) is 0. The van der Waals surface area contributed by atoms with Crippen LogP contribution in [0.25, 0.3) is 0 Å². The van der Waals surface area contributed by atoms with Gasteiger partial charge >= 0.3 is 0 Å². The molecule has 2 aromatic rings. The zero-order valence-corrected chi connectivity index (χ0v) is 10.8. The molecule has 0 aliphatic rings. The number of nitrogens with one attached hydrogen (secondary N) is 1. The molecule has 0 bridgehead atoms. The fourth-order valence-electron chi connectivity index (χ4n) is 1.29. The topological polar surface area (TPSA) is 37.8 Å². The zero-order valence-electron chi connectivity index (χ0n) is 8.45. The molecule has 16 heavy (non-hydrogen) atoms. The molecule has 0 aliphatic carbocycles. The molecular formula is C10H9BrFN3S. The molecule has 2 rings (SSSR count). The lowest BCUT2D eigenvalue weighted by Gasteiger charge is -2.13. The maximum atomic E-state index is 13.1. The first-order valence-corrected chi connectivity index (χ1v) is 6.31. The van der Waals surface area contributed by atoms with E-state index < -0.39 is 0 Å². The Morgan fingerprint density at radius 3 is 2.94 bits per heavy atom. The van der Waals surface area contributed by atoms with Crippen molar-refractivity contribution in [3.63, 3.8) is 0 Å². The summed E-state index contributed by atoms with van der Waals surface area (Å²) in [6, 6.07) is 5.01. The third-order valence-electron chi connectivity index (χ3n) is 2.14. The second kappa shape index (κ2) is 4.88. The minimum Gasteiger partial charge on any atom is -0.354 e. The van der Waals surface area contributed by atoms with E-state index in [1.165, 1.54) is 17.4 Å². The molecule has 0 spiro atoms. The summed E-state index contributed by atoms with van der Waals surface area (Å²) in [5, 5.41) is 11.6. The van der Waals surface area contributed by atoms with Crippen LogP contribution < -0.4 is 5.32 Å². The molecule has 0 aliphatic heterocycles. The monoisotopic (exact) mass is 301 g/mol. The SMILES string of the molecule is CC(Nc1nncs1)c1ccc(F)c(Br)c1. The highest BCUT2D eigenvalue weighted by Gasteiger charge is 2.09. The van der Waals surface area contributed by atoms with E-state index in [-0.39, 0.29) is 11.9 Å². The van der Waals surface area contributed by atoms with Crippen LogP contribution in [-0.4, -0.2) is 10.2 Å². The number of anilines is 1. The third-order valence-corrected chi connectivity index (χ3v) is 3.37. The highest BCUT2D eigenvalue weighted by Crippen LogP contribution is 2.24. The molecule has 0 saturated carbocycles. The lowest BCUT2D eigenvalue weighted by Crippen LogP contribution is -2.06. The van der Waals surface area contributed by atoms with E-state index in [1.54, 1.807) is 17.6 Å². The van der Waals surface area contributed by atoms with Crippen molar-refractivity contribution in [1.82, 2.24) is 10.2 Å². The van der Waals surface area contributed by atoms with E-state index in [4.69, 9.17) is 0 Å². The Hall–Kier alpha value is -1.01. The fourth-order valence-corrected chi connectivity index (χ4v) is 2.22. The van der Waals surface area contributed by atoms with Gasteiger partial charge < -0.3 is 5.32 Å². The maximum absolute atomic E-state index is 13.1. The third kappa shape index (κ3) is 2.56. The average molecular weight is 302 g/mol. The molecule has 0 radical (unpaired) electrons. The van der Waals surface area contributed by atoms with E-state index >= 15 is 0 Å². The van der Waals surface area contributed by atoms with Gasteiger partial charge in [0.25, 0.3) is 0 Å². The second-order valence-electron chi connectivity index (χ2n) is 3.28. The molecule has 1 unspecified atom stereocenters. The van der Waals surface area contributed by atoms with Crippen LogP contribution in [0.2, 0.25) is 0 Å². The molecule has 6 heteroatoms. The summed E-state index contributed by atoms with van der Waals surface area (Å²) >= 11 is 4.60. The number of hydrogen-bond donors (Lipinski definition) is 1. The summed E-state index contributed by atoms with van der Waals surface area (Å²) in [7, 11) is 0. The number of rotatable bonds is 3. The van der Waals surface area contributed by atoms with Crippen molar-refractivity contribution in [2.24, 2.45) is 0 Å². The van der Waals surface area contributed by atoms with Gasteiger partial charge in [-0.05, 0) is 40.5 Å². The number of benzene rings is 1. The number of aromatic nitrogens is 2. The Morgan fingerprint density at radius 1 is 1.50 bits per heavy atom. The smallest absolute Gasteiger partial charge is 0.205 e. The summed E-state index contributed by atoms with van der Waals surface area (Å²) in [5.41, 5.74) is 2.65. The molecular weight excluding hydrogens is 293 g/mol. The van der Waals surface area contributed by atoms with Gasteiger partial charge in [-0.1, -0.05) is 17.4 Å². The minimum absolute atomic E-state index is 0.0600. The summed E-state index contributed by atoms with van der Waals surface area (Å²) in [6.45, 7) is 1.99. The van der Waals surface area contributed by atoms with Crippen LogP contribution in [0.15, 0.2) is 28.2 Å². The van der Waals surface area contributed by atoms with Crippen molar-refractivity contribution in [1.29, 1.82) is 0 Å². The van der Waals surface area contributed by atoms with Gasteiger partial charge in [0.05, 0.1) is 10.5 Å². The molecule has 1 heterocycles. The van der Waals surface area contributed by atoms with Crippen LogP contribution in [0.5, 0.6) is 0 Å². The van der Waals surface area contributed by atoms with Gasteiger partial charge in [-0.15, -0.1) is 10.2 Å². The summed E-state index contributed by atoms with van der Waals surface area (Å²) < 4.78 is 13.5. The largest absolute Gasteiger partial charge is 0.354 e. The lowest BCUT2D eigenvalue weighted by molar-refractivity contribution is 0.619. The first-order valence-electron chi connectivity index (χ1n) is 4.64. The van der Waals surface area contributed by atoms with Crippen molar-refractivity contribution in [3.05, 3.63) is 39.6 Å². The fraction of sp³-hybridized carbons (Fsp3) is 0.200. The Bertz CT molecular complexity index is 475. The second-order valence-corrected chi connectivity index (χ2v) is 4.97. The molecule has 1 aromatic heterocycles. The van der Waals surface area contributed by atoms with Crippen LogP contribution in [0.3, 0.4) is 0 Å². The standard InChI is InChI=1S/C10H9BrFN3S/c1-6(14-10-15-13-5-16-10)7-2-3-9(12)8(11)4-7/h2-6H,1H3,(H,14,15). The van der Waals surface area contributed by atoms with Crippen LogP contribution in [0.4, 0.5) is 9.52 Å². The molecule has 1 aromatic carbocycles. The molecule has 1 N–H and O–H groups in total. The van der Waals surface area contributed by atoms with Crippen molar-refractivity contribution >= 4 is 32.4 Å². The van der Waals surface area contributed by atoms with Gasteiger partial charge in [-0.3, -0.25) is 0 Å². The summed E-state index contributed by atoms with van der Waals surface area (Å²) in [5.74, 6) is -0.258. The molecule has 0 fully saturated rings. The Labute approximate surface area is 105 Å². The van der Waals surface area contributed by atoms with Crippen molar-refractivity contribution in [2.45, 2.75) is 13.0 Å². The molecule has 0 amide bonds. The van der Waals surface area contributed by atoms with Gasteiger partial charge in [-0.25, -0.2) is 4.39 Å². The predicted molar refractivity (Wildman–Crippen MR) is 66.0 cm³/mol. The number of nitrogens with zero attached hydrogens (tertiary/aromatic N) is 2. The van der Waals surface area contributed by atoms with Crippen molar-refractivity contribution in [3.8, 4) is 0 Å². The molecule has 84 valence electrons. The maximum Gasteiger partial charge on any atom is 0.205 e. The first-order chi connectivity index (χ1) is 7.66. The van der Waals surface area contributed by atoms with Gasteiger partial charge in [0, 0.05) is 0 Å². The van der Waals surface area contributed by atoms with Gasteiger partial charge in [0.2, 0.25) is 5.13 Å². The van der Waals surface area contributed by atoms with Crippen LogP contribution >= 0.6 is 27.3 Å². The van der Waals surface area contributed by atoms with E-state index in [0.717, 1.165) is 10.7 Å². The highest BCUT2D eigenvalue weighted by atomic mass is 79.9. The van der Waals surface area contributed by atoms with E-state index in [0.29, 0.717) is 4.47 Å². The lowest BCUT2D eigenvalue weighted by atomic mass is 10.1. The predicted octanol–water partition coefficient (Wildman–Crippen LogP) is 3.61. The van der Waals surface area contributed by atoms with E-state index in [1.807, 2.05) is 6.92 Å². The average Bonchev–Trinajstić information content (AvgIpc) is 2.74. The quantitative estimate of drug-likeness (QED) is 0.941.